The Kier molecular flexibility index (Phi) is 7.50. The van der Waals surface area contributed by atoms with Crippen LogP contribution in [0.4, 0.5) is 5.69 Å². The lowest BCUT2D eigenvalue weighted by Crippen LogP contribution is -2.47. The Morgan fingerprint density at radius 3 is 2.33 bits per heavy atom. The molecular weight excluding hydrogens is 400 g/mol. The third kappa shape index (κ3) is 5.83. The number of nitrogens with zero attached hydrogens (tertiary/aromatic N) is 1. The second kappa shape index (κ2) is 10.1. The van der Waals surface area contributed by atoms with Crippen molar-refractivity contribution < 1.29 is 17.9 Å². The minimum absolute atomic E-state index is 0.0847. The molecule has 0 aliphatic carbocycles. The topological polar surface area (TPSA) is 75.7 Å². The summed E-state index contributed by atoms with van der Waals surface area (Å²) in [6.07, 6.45) is 1.18. The molecule has 0 spiro atoms. The molecule has 0 aromatic heterocycles. The van der Waals surface area contributed by atoms with Crippen LogP contribution in [0.3, 0.4) is 0 Å². The summed E-state index contributed by atoms with van der Waals surface area (Å²) in [5.74, 6) is 0.0174. The number of sulfone groups is 1. The predicted molar refractivity (Wildman–Crippen MR) is 118 cm³/mol. The lowest BCUT2D eigenvalue weighted by Gasteiger charge is -2.34. The van der Waals surface area contributed by atoms with Crippen LogP contribution in [0, 0.1) is 0 Å². The molecule has 0 bridgehead atoms. The Morgan fingerprint density at radius 2 is 1.73 bits per heavy atom. The molecule has 1 atom stereocenters. The first kappa shape index (κ1) is 22.3. The Labute approximate surface area is 179 Å². The Hall–Kier alpha value is -2.38. The van der Waals surface area contributed by atoms with E-state index in [2.05, 4.69) is 10.2 Å². The first-order chi connectivity index (χ1) is 14.4. The molecule has 0 saturated carbocycles. The number of anilines is 1. The summed E-state index contributed by atoms with van der Waals surface area (Å²) in [5.41, 5.74) is 2.05. The van der Waals surface area contributed by atoms with Crippen LogP contribution in [0.15, 0.2) is 59.5 Å². The van der Waals surface area contributed by atoms with Gasteiger partial charge in [-0.2, -0.15) is 0 Å². The van der Waals surface area contributed by atoms with E-state index in [4.69, 9.17) is 4.74 Å². The molecule has 1 aliphatic heterocycles. The Bertz CT molecular complexity index is 921. The van der Waals surface area contributed by atoms with Crippen LogP contribution in [0.1, 0.15) is 32.3 Å². The number of carbonyl (C=O) groups excluding carboxylic acids is 1. The van der Waals surface area contributed by atoms with Crippen LogP contribution in [-0.4, -0.2) is 45.3 Å². The lowest BCUT2D eigenvalue weighted by molar-refractivity contribution is -0.133. The van der Waals surface area contributed by atoms with Crippen molar-refractivity contribution in [3.63, 3.8) is 0 Å². The molecule has 0 radical (unpaired) electrons. The highest BCUT2D eigenvalue weighted by atomic mass is 32.2. The quantitative estimate of drug-likeness (QED) is 0.696. The summed E-state index contributed by atoms with van der Waals surface area (Å²) in [6, 6.07) is 17.0. The highest BCUT2D eigenvalue weighted by molar-refractivity contribution is 7.91. The molecule has 1 aliphatic rings. The standard InChI is InChI=1S/C23H30N2O4S/c1-3-30(27,28)22-11-9-21(10-12-22)25-15-13-20(14-16-25)24-23(26)18(2)29-17-19-7-5-4-6-8-19/h4-12,18,20H,3,13-17H2,1-2H3,(H,24,26). The van der Waals surface area contributed by atoms with Gasteiger partial charge in [0, 0.05) is 24.8 Å². The van der Waals surface area contributed by atoms with E-state index in [1.807, 2.05) is 42.5 Å². The van der Waals surface area contributed by atoms with E-state index in [1.54, 1.807) is 26.0 Å². The largest absolute Gasteiger partial charge is 0.371 e. The summed E-state index contributed by atoms with van der Waals surface area (Å²) >= 11 is 0. The second-order valence-corrected chi connectivity index (χ2v) is 9.88. The number of carbonyl (C=O) groups is 1. The average molecular weight is 431 g/mol. The first-order valence-corrected chi connectivity index (χ1v) is 12.1. The zero-order chi connectivity index (χ0) is 21.6. The smallest absolute Gasteiger partial charge is 0.249 e. The van der Waals surface area contributed by atoms with E-state index >= 15 is 0 Å². The van der Waals surface area contributed by atoms with Crippen molar-refractivity contribution in [3.8, 4) is 0 Å². The van der Waals surface area contributed by atoms with Crippen molar-refractivity contribution in [2.45, 2.75) is 50.3 Å². The van der Waals surface area contributed by atoms with E-state index in [0.717, 1.165) is 37.2 Å². The fourth-order valence-corrected chi connectivity index (χ4v) is 4.39. The van der Waals surface area contributed by atoms with Crippen LogP contribution < -0.4 is 10.2 Å². The summed E-state index contributed by atoms with van der Waals surface area (Å²) < 4.78 is 29.6. The molecule has 1 saturated heterocycles. The fraction of sp³-hybridized carbons (Fsp3) is 0.435. The van der Waals surface area contributed by atoms with Gasteiger partial charge >= 0.3 is 0 Å². The number of piperidine rings is 1. The van der Waals surface area contributed by atoms with E-state index in [9.17, 15) is 13.2 Å². The molecule has 2 aromatic carbocycles. The van der Waals surface area contributed by atoms with Crippen LogP contribution in [0.25, 0.3) is 0 Å². The highest BCUT2D eigenvalue weighted by Crippen LogP contribution is 2.22. The molecule has 1 N–H and O–H groups in total. The summed E-state index contributed by atoms with van der Waals surface area (Å²) in [7, 11) is -3.18. The third-order valence-corrected chi connectivity index (χ3v) is 7.24. The Morgan fingerprint density at radius 1 is 1.10 bits per heavy atom. The number of rotatable bonds is 8. The number of amides is 1. The number of ether oxygens (including phenoxy) is 1. The highest BCUT2D eigenvalue weighted by Gasteiger charge is 2.23. The zero-order valence-electron chi connectivity index (χ0n) is 17.6. The van der Waals surface area contributed by atoms with Gasteiger partial charge in [0.25, 0.3) is 0 Å². The molecule has 30 heavy (non-hydrogen) atoms. The molecule has 162 valence electrons. The van der Waals surface area contributed by atoms with E-state index in [-0.39, 0.29) is 17.7 Å². The second-order valence-electron chi connectivity index (χ2n) is 7.61. The van der Waals surface area contributed by atoms with Gasteiger partial charge in [0.2, 0.25) is 5.91 Å². The van der Waals surface area contributed by atoms with Crippen molar-refractivity contribution in [2.24, 2.45) is 0 Å². The molecular formula is C23H30N2O4S. The van der Waals surface area contributed by atoms with Crippen LogP contribution in [-0.2, 0) is 26.0 Å². The van der Waals surface area contributed by atoms with Gasteiger partial charge in [-0.05, 0) is 49.6 Å². The molecule has 1 heterocycles. The summed E-state index contributed by atoms with van der Waals surface area (Å²) in [6.45, 7) is 5.46. The van der Waals surface area contributed by atoms with Crippen molar-refractivity contribution in [1.82, 2.24) is 5.32 Å². The number of hydrogen-bond donors (Lipinski definition) is 1. The van der Waals surface area contributed by atoms with Gasteiger partial charge in [0.15, 0.2) is 9.84 Å². The fourth-order valence-electron chi connectivity index (χ4n) is 3.50. The summed E-state index contributed by atoms with van der Waals surface area (Å²) in [4.78, 5) is 15.0. The predicted octanol–water partition coefficient (Wildman–Crippen LogP) is 3.17. The Balaban J connectivity index is 1.45. The molecule has 1 unspecified atom stereocenters. The van der Waals surface area contributed by atoms with Crippen molar-refractivity contribution in [3.05, 3.63) is 60.2 Å². The minimum atomic E-state index is -3.18. The first-order valence-electron chi connectivity index (χ1n) is 10.4. The maximum absolute atomic E-state index is 12.4. The van der Waals surface area contributed by atoms with Gasteiger partial charge in [-0.15, -0.1) is 0 Å². The lowest BCUT2D eigenvalue weighted by atomic mass is 10.0. The van der Waals surface area contributed by atoms with Crippen LogP contribution in [0.5, 0.6) is 0 Å². The van der Waals surface area contributed by atoms with Gasteiger partial charge in [-0.3, -0.25) is 4.79 Å². The van der Waals surface area contributed by atoms with Gasteiger partial charge in [-0.25, -0.2) is 8.42 Å². The molecule has 2 aromatic rings. The molecule has 6 nitrogen and oxygen atoms in total. The summed E-state index contributed by atoms with van der Waals surface area (Å²) in [5, 5.41) is 3.09. The maximum atomic E-state index is 12.4. The van der Waals surface area contributed by atoms with E-state index in [0.29, 0.717) is 11.5 Å². The molecule has 7 heteroatoms. The third-order valence-electron chi connectivity index (χ3n) is 5.49. The number of nitrogens with one attached hydrogen (secondary N) is 1. The maximum Gasteiger partial charge on any atom is 0.249 e. The average Bonchev–Trinajstić information content (AvgIpc) is 2.78. The number of hydrogen-bond acceptors (Lipinski definition) is 5. The van der Waals surface area contributed by atoms with E-state index in [1.165, 1.54) is 0 Å². The normalized spacial score (nSPS) is 16.3. The molecule has 1 fully saturated rings. The molecule has 1 amide bonds. The van der Waals surface area contributed by atoms with E-state index < -0.39 is 15.9 Å². The van der Waals surface area contributed by atoms with Crippen molar-refractivity contribution in [2.75, 3.05) is 23.7 Å². The number of benzene rings is 2. The van der Waals surface area contributed by atoms with Crippen LogP contribution in [0.2, 0.25) is 0 Å². The molecule has 3 rings (SSSR count). The van der Waals surface area contributed by atoms with Gasteiger partial charge in [-0.1, -0.05) is 37.3 Å². The minimum Gasteiger partial charge on any atom is -0.371 e. The van der Waals surface area contributed by atoms with Crippen molar-refractivity contribution >= 4 is 21.4 Å². The van der Waals surface area contributed by atoms with Gasteiger partial charge in [0.1, 0.15) is 6.10 Å². The monoisotopic (exact) mass is 430 g/mol. The van der Waals surface area contributed by atoms with Crippen molar-refractivity contribution in [1.29, 1.82) is 0 Å². The zero-order valence-corrected chi connectivity index (χ0v) is 18.4. The SMILES string of the molecule is CCS(=O)(=O)c1ccc(N2CCC(NC(=O)C(C)OCc3ccccc3)CC2)cc1. The van der Waals surface area contributed by atoms with Crippen LogP contribution >= 0.6 is 0 Å². The van der Waals surface area contributed by atoms with Gasteiger partial charge < -0.3 is 15.0 Å². The van der Waals surface area contributed by atoms with Gasteiger partial charge in [0.05, 0.1) is 17.3 Å².